The molecule has 0 fully saturated rings. The molecule has 0 saturated carbocycles. The van der Waals surface area contributed by atoms with E-state index in [1.165, 1.54) is 0 Å². The molecule has 0 aliphatic rings. The van der Waals surface area contributed by atoms with Crippen LogP contribution in [0.1, 0.15) is 11.1 Å². The average molecular weight is 361 g/mol. The number of benzene rings is 3. The van der Waals surface area contributed by atoms with Crippen molar-refractivity contribution in [1.29, 1.82) is 0 Å². The highest BCUT2D eigenvalue weighted by molar-refractivity contribution is 6.02. The van der Waals surface area contributed by atoms with Gasteiger partial charge in [0.25, 0.3) is 0 Å². The number of aromatic hydroxyl groups is 1. The Kier molecular flexibility index (Phi) is 5.89. The van der Waals surface area contributed by atoms with Gasteiger partial charge in [0.15, 0.2) is 0 Å². The Bertz CT molecular complexity index is 874. The molecule has 1 amide bonds. The van der Waals surface area contributed by atoms with Crippen LogP contribution in [-0.4, -0.2) is 22.7 Å². The van der Waals surface area contributed by atoms with Crippen LogP contribution < -0.4 is 4.90 Å². The lowest BCUT2D eigenvalue weighted by atomic mass is 9.97. The molecule has 3 rings (SSSR count). The van der Waals surface area contributed by atoms with Gasteiger partial charge in [-0.25, -0.2) is 0 Å². The number of nitrogens with zero attached hydrogens (tertiary/aromatic N) is 1. The maximum atomic E-state index is 13.3. The van der Waals surface area contributed by atoms with Crippen LogP contribution in [-0.2, 0) is 11.2 Å². The van der Waals surface area contributed by atoms with Crippen LogP contribution in [0.15, 0.2) is 78.9 Å². The molecule has 0 spiro atoms. The van der Waals surface area contributed by atoms with Crippen molar-refractivity contribution >= 4 is 17.3 Å². The first-order chi connectivity index (χ1) is 13.1. The van der Waals surface area contributed by atoms with Gasteiger partial charge in [0, 0.05) is 11.4 Å². The number of rotatable bonds is 6. The first kappa shape index (κ1) is 18.7. The molecule has 0 heterocycles. The van der Waals surface area contributed by atoms with Crippen LogP contribution in [0.25, 0.3) is 0 Å². The summed E-state index contributed by atoms with van der Waals surface area (Å²) in [5.41, 5.74) is 3.52. The van der Waals surface area contributed by atoms with E-state index < -0.39 is 5.92 Å². The van der Waals surface area contributed by atoms with Gasteiger partial charge in [-0.2, -0.15) is 0 Å². The lowest BCUT2D eigenvalue weighted by Crippen LogP contribution is -2.35. The van der Waals surface area contributed by atoms with Crippen molar-refractivity contribution in [3.63, 3.8) is 0 Å². The second-order valence-corrected chi connectivity index (χ2v) is 6.59. The minimum absolute atomic E-state index is 0.137. The number of aliphatic hydroxyl groups is 1. The molecule has 4 heteroatoms. The fraction of sp³-hybridized carbons (Fsp3) is 0.174. The second kappa shape index (κ2) is 8.52. The first-order valence-corrected chi connectivity index (χ1v) is 8.93. The molecule has 1 unspecified atom stereocenters. The summed E-state index contributed by atoms with van der Waals surface area (Å²) < 4.78 is 0. The Morgan fingerprint density at radius 1 is 0.889 bits per heavy atom. The number of carbonyl (C=O) groups is 1. The zero-order valence-corrected chi connectivity index (χ0v) is 15.2. The maximum absolute atomic E-state index is 13.3. The molecule has 138 valence electrons. The van der Waals surface area contributed by atoms with Crippen molar-refractivity contribution in [1.82, 2.24) is 0 Å². The average Bonchev–Trinajstić information content (AvgIpc) is 2.70. The van der Waals surface area contributed by atoms with Crippen molar-refractivity contribution in [3.8, 4) is 5.75 Å². The zero-order chi connectivity index (χ0) is 19.2. The normalized spacial score (nSPS) is 11.8. The number of carbonyl (C=O) groups excluding carboxylic acids is 1. The standard InChI is InChI=1S/C23H23NO3/c1-17-7-9-18(10-8-17)15-19(16-25)23(27)24(20-5-3-2-4-6-20)21-11-13-22(26)14-12-21/h2-14,19,25-26H,15-16H2,1H3. The highest BCUT2D eigenvalue weighted by Gasteiger charge is 2.26. The molecule has 0 aliphatic carbocycles. The van der Waals surface area contributed by atoms with Crippen LogP contribution >= 0.6 is 0 Å². The van der Waals surface area contributed by atoms with Crippen LogP contribution in [0.5, 0.6) is 5.75 Å². The third-order valence-electron chi connectivity index (χ3n) is 4.52. The van der Waals surface area contributed by atoms with E-state index in [2.05, 4.69) is 0 Å². The number of phenolic OH excluding ortho intramolecular Hbond substituents is 1. The van der Waals surface area contributed by atoms with E-state index in [0.29, 0.717) is 12.1 Å². The Balaban J connectivity index is 1.93. The highest BCUT2D eigenvalue weighted by atomic mass is 16.3. The third-order valence-corrected chi connectivity index (χ3v) is 4.52. The second-order valence-electron chi connectivity index (χ2n) is 6.59. The fourth-order valence-electron chi connectivity index (χ4n) is 3.00. The van der Waals surface area contributed by atoms with Gasteiger partial charge in [-0.1, -0.05) is 48.0 Å². The molecule has 3 aromatic rings. The number of amides is 1. The molecule has 27 heavy (non-hydrogen) atoms. The lowest BCUT2D eigenvalue weighted by Gasteiger charge is -2.27. The van der Waals surface area contributed by atoms with Gasteiger partial charge in [0.05, 0.1) is 12.5 Å². The molecule has 0 aromatic heterocycles. The summed E-state index contributed by atoms with van der Waals surface area (Å²) in [7, 11) is 0. The number of para-hydroxylation sites is 1. The van der Waals surface area contributed by atoms with Crippen LogP contribution in [0, 0.1) is 12.8 Å². The maximum Gasteiger partial charge on any atom is 0.237 e. The molecule has 3 aromatic carbocycles. The smallest absolute Gasteiger partial charge is 0.237 e. The van der Waals surface area contributed by atoms with Crippen molar-refractivity contribution in [2.45, 2.75) is 13.3 Å². The van der Waals surface area contributed by atoms with Gasteiger partial charge >= 0.3 is 0 Å². The summed E-state index contributed by atoms with van der Waals surface area (Å²) in [6, 6.07) is 23.8. The summed E-state index contributed by atoms with van der Waals surface area (Å²) in [4.78, 5) is 14.9. The molecule has 0 aliphatic heterocycles. The van der Waals surface area contributed by atoms with Crippen molar-refractivity contribution in [2.75, 3.05) is 11.5 Å². The largest absolute Gasteiger partial charge is 0.508 e. The molecular formula is C23H23NO3. The zero-order valence-electron chi connectivity index (χ0n) is 15.2. The van der Waals surface area contributed by atoms with Gasteiger partial charge in [-0.3, -0.25) is 9.69 Å². The van der Waals surface area contributed by atoms with Gasteiger partial charge in [-0.05, 0) is 55.3 Å². The first-order valence-electron chi connectivity index (χ1n) is 8.93. The van der Waals surface area contributed by atoms with E-state index in [9.17, 15) is 15.0 Å². The van der Waals surface area contributed by atoms with Crippen LogP contribution in [0.2, 0.25) is 0 Å². The Morgan fingerprint density at radius 3 is 2.07 bits per heavy atom. The third kappa shape index (κ3) is 4.54. The summed E-state index contributed by atoms with van der Waals surface area (Å²) in [5, 5.41) is 19.5. The van der Waals surface area contributed by atoms with E-state index in [4.69, 9.17) is 0 Å². The summed E-state index contributed by atoms with van der Waals surface area (Å²) >= 11 is 0. The molecule has 1 atom stereocenters. The number of aliphatic hydroxyl groups excluding tert-OH is 1. The number of anilines is 2. The van der Waals surface area contributed by atoms with Crippen molar-refractivity contribution in [2.24, 2.45) is 5.92 Å². The highest BCUT2D eigenvalue weighted by Crippen LogP contribution is 2.29. The van der Waals surface area contributed by atoms with Gasteiger partial charge in [-0.15, -0.1) is 0 Å². The van der Waals surface area contributed by atoms with E-state index in [1.807, 2.05) is 61.5 Å². The molecule has 0 saturated heterocycles. The van der Waals surface area contributed by atoms with Crippen LogP contribution in [0.4, 0.5) is 11.4 Å². The summed E-state index contributed by atoms with van der Waals surface area (Å²) in [6.45, 7) is 1.77. The minimum Gasteiger partial charge on any atom is -0.508 e. The molecule has 0 bridgehead atoms. The Labute approximate surface area is 159 Å². The number of hydrogen-bond acceptors (Lipinski definition) is 3. The van der Waals surface area contributed by atoms with Crippen molar-refractivity contribution < 1.29 is 15.0 Å². The fourth-order valence-corrected chi connectivity index (χ4v) is 3.00. The minimum atomic E-state index is -0.568. The van der Waals surface area contributed by atoms with Gasteiger partial charge < -0.3 is 10.2 Å². The summed E-state index contributed by atoms with van der Waals surface area (Å²) in [6.07, 6.45) is 0.455. The topological polar surface area (TPSA) is 60.8 Å². The predicted molar refractivity (Wildman–Crippen MR) is 107 cm³/mol. The SMILES string of the molecule is Cc1ccc(CC(CO)C(=O)N(c2ccccc2)c2ccc(O)cc2)cc1. The quantitative estimate of drug-likeness (QED) is 0.691. The van der Waals surface area contributed by atoms with Crippen molar-refractivity contribution in [3.05, 3.63) is 90.0 Å². The monoisotopic (exact) mass is 361 g/mol. The predicted octanol–water partition coefficient (Wildman–Crippen LogP) is 4.22. The molecule has 4 nitrogen and oxygen atoms in total. The van der Waals surface area contributed by atoms with E-state index in [0.717, 1.165) is 16.8 Å². The Hall–Kier alpha value is -3.11. The van der Waals surface area contributed by atoms with E-state index in [-0.39, 0.29) is 18.3 Å². The molecule has 2 N–H and O–H groups in total. The summed E-state index contributed by atoms with van der Waals surface area (Å²) in [5.74, 6) is -0.616. The van der Waals surface area contributed by atoms with E-state index >= 15 is 0 Å². The lowest BCUT2D eigenvalue weighted by molar-refractivity contribution is -0.122. The van der Waals surface area contributed by atoms with Gasteiger partial charge in [0.1, 0.15) is 5.75 Å². The Morgan fingerprint density at radius 2 is 1.48 bits per heavy atom. The molecule has 0 radical (unpaired) electrons. The molecular weight excluding hydrogens is 338 g/mol. The number of hydrogen-bond donors (Lipinski definition) is 2. The van der Waals surface area contributed by atoms with E-state index in [1.54, 1.807) is 29.2 Å². The number of aryl methyl sites for hydroxylation is 1. The van der Waals surface area contributed by atoms with Gasteiger partial charge in [0.2, 0.25) is 5.91 Å². The van der Waals surface area contributed by atoms with Crippen LogP contribution in [0.3, 0.4) is 0 Å². The number of phenols is 1.